The molecule has 1 rings (SSSR count). The first-order valence-corrected chi connectivity index (χ1v) is 4.23. The number of ether oxygens (including phenoxy) is 1. The van der Waals surface area contributed by atoms with Crippen LogP contribution in [0.4, 0.5) is 5.69 Å². The Morgan fingerprint density at radius 2 is 1.93 bits per heavy atom. The van der Waals surface area contributed by atoms with E-state index in [-0.39, 0.29) is 21.5 Å². The largest absolute Gasteiger partial charge is 0.462 e. The molecule has 0 aliphatic carbocycles. The van der Waals surface area contributed by atoms with Gasteiger partial charge < -0.3 is 4.74 Å². The van der Waals surface area contributed by atoms with Gasteiger partial charge in [0.25, 0.3) is 5.69 Å². The molecule has 4 nitrogen and oxygen atoms in total. The first-order chi connectivity index (χ1) is 6.56. The van der Waals surface area contributed by atoms with Crippen LogP contribution in [0, 0.1) is 10.1 Å². The number of rotatable bonds is 3. The van der Waals surface area contributed by atoms with Gasteiger partial charge in [-0.1, -0.05) is 29.8 Å². The van der Waals surface area contributed by atoms with Gasteiger partial charge in [0.1, 0.15) is 0 Å². The zero-order valence-electron chi connectivity index (χ0n) is 6.87. The highest BCUT2D eigenvalue weighted by molar-refractivity contribution is 6.37. The van der Waals surface area contributed by atoms with Gasteiger partial charge in [-0.05, 0) is 0 Å². The molecule has 0 aromatic heterocycles. The third kappa shape index (κ3) is 2.16. The van der Waals surface area contributed by atoms with Crippen LogP contribution in [0.3, 0.4) is 0 Å². The minimum absolute atomic E-state index is 0.0732. The topological polar surface area (TPSA) is 52.4 Å². The van der Waals surface area contributed by atoms with Crippen molar-refractivity contribution >= 4 is 28.9 Å². The Balaban J connectivity index is 3.24. The molecular formula is C8H5Cl2NO3. The zero-order chi connectivity index (χ0) is 10.7. The monoisotopic (exact) mass is 233 g/mol. The predicted molar refractivity (Wildman–Crippen MR) is 53.9 cm³/mol. The molecule has 6 heteroatoms. The van der Waals surface area contributed by atoms with Crippen molar-refractivity contribution in [3.63, 3.8) is 0 Å². The van der Waals surface area contributed by atoms with Crippen molar-refractivity contribution in [1.29, 1.82) is 0 Å². The predicted octanol–water partition coefficient (Wildman–Crippen LogP) is 3.42. The maximum absolute atomic E-state index is 10.4. The molecule has 0 radical (unpaired) electrons. The second kappa shape index (κ2) is 4.30. The average Bonchev–Trinajstić information content (AvgIpc) is 2.10. The summed E-state index contributed by atoms with van der Waals surface area (Å²) in [4.78, 5) is 9.81. The van der Waals surface area contributed by atoms with Gasteiger partial charge in [-0.2, -0.15) is 0 Å². The third-order valence-electron chi connectivity index (χ3n) is 1.40. The average molecular weight is 234 g/mol. The molecule has 74 valence electrons. The van der Waals surface area contributed by atoms with Crippen molar-refractivity contribution in [3.05, 3.63) is 45.1 Å². The van der Waals surface area contributed by atoms with Crippen LogP contribution >= 0.6 is 23.2 Å². The van der Waals surface area contributed by atoms with E-state index in [9.17, 15) is 10.1 Å². The Kier molecular flexibility index (Phi) is 3.33. The zero-order valence-corrected chi connectivity index (χ0v) is 8.38. The molecule has 0 bridgehead atoms. The number of hydrogen-bond donors (Lipinski definition) is 0. The minimum atomic E-state index is -0.588. The molecule has 0 saturated carbocycles. The molecule has 1 aromatic rings. The first-order valence-electron chi connectivity index (χ1n) is 3.47. The number of nitro groups is 1. The fraction of sp³-hybridized carbons (Fsp3) is 0. The van der Waals surface area contributed by atoms with Crippen LogP contribution in [0.5, 0.6) is 5.75 Å². The number of non-ortho nitro benzene ring substituents is 1. The summed E-state index contributed by atoms with van der Waals surface area (Å²) in [5.74, 6) is 0.161. The van der Waals surface area contributed by atoms with E-state index in [4.69, 9.17) is 27.9 Å². The summed E-state index contributed by atoms with van der Waals surface area (Å²) in [6.07, 6.45) is 1.14. The van der Waals surface area contributed by atoms with Crippen LogP contribution < -0.4 is 4.74 Å². The number of halogens is 2. The van der Waals surface area contributed by atoms with Crippen molar-refractivity contribution in [1.82, 2.24) is 0 Å². The van der Waals surface area contributed by atoms with Gasteiger partial charge in [0, 0.05) is 12.1 Å². The second-order valence-corrected chi connectivity index (χ2v) is 3.09. The van der Waals surface area contributed by atoms with Crippen LogP contribution in [0.2, 0.25) is 10.0 Å². The van der Waals surface area contributed by atoms with E-state index in [1.54, 1.807) is 0 Å². The first kappa shape index (κ1) is 10.8. The molecular weight excluding hydrogens is 229 g/mol. The molecule has 0 aliphatic rings. The van der Waals surface area contributed by atoms with Crippen LogP contribution in [-0.4, -0.2) is 4.92 Å². The number of benzene rings is 1. The number of nitro benzene ring substituents is 1. The second-order valence-electron chi connectivity index (χ2n) is 2.28. The molecule has 0 atom stereocenters. The van der Waals surface area contributed by atoms with E-state index in [1.165, 1.54) is 0 Å². The van der Waals surface area contributed by atoms with Gasteiger partial charge in [-0.25, -0.2) is 0 Å². The number of hydrogen-bond acceptors (Lipinski definition) is 3. The molecule has 0 aliphatic heterocycles. The molecule has 0 fully saturated rings. The molecule has 0 unspecified atom stereocenters. The SMILES string of the molecule is C=COc1c(Cl)cc([N+](=O)[O-])cc1Cl. The van der Waals surface area contributed by atoms with Crippen LogP contribution in [0.1, 0.15) is 0 Å². The van der Waals surface area contributed by atoms with Crippen LogP contribution in [0.25, 0.3) is 0 Å². The van der Waals surface area contributed by atoms with E-state index in [2.05, 4.69) is 6.58 Å². The normalized spacial score (nSPS) is 9.57. The lowest BCUT2D eigenvalue weighted by atomic mass is 10.3. The molecule has 0 heterocycles. The van der Waals surface area contributed by atoms with Crippen LogP contribution in [-0.2, 0) is 0 Å². The van der Waals surface area contributed by atoms with Crippen molar-refractivity contribution in [3.8, 4) is 5.75 Å². The summed E-state index contributed by atoms with van der Waals surface area (Å²) >= 11 is 11.4. The highest BCUT2D eigenvalue weighted by atomic mass is 35.5. The standard InChI is InChI=1S/C8H5Cl2NO3/c1-2-14-8-6(9)3-5(11(12)13)4-7(8)10/h2-4H,1H2. The van der Waals surface area contributed by atoms with Gasteiger partial charge in [-0.15, -0.1) is 0 Å². The molecule has 0 N–H and O–H groups in total. The third-order valence-corrected chi connectivity index (χ3v) is 1.96. The van der Waals surface area contributed by atoms with E-state index < -0.39 is 4.92 Å². The Bertz CT molecular complexity index is 369. The fourth-order valence-corrected chi connectivity index (χ4v) is 1.41. The molecule has 1 aromatic carbocycles. The summed E-state index contributed by atoms with van der Waals surface area (Å²) in [6.45, 7) is 3.32. The lowest BCUT2D eigenvalue weighted by Crippen LogP contribution is -1.90. The van der Waals surface area contributed by atoms with E-state index >= 15 is 0 Å². The van der Waals surface area contributed by atoms with Gasteiger partial charge in [0.05, 0.1) is 21.2 Å². The lowest BCUT2D eigenvalue weighted by Gasteiger charge is -2.04. The summed E-state index contributed by atoms with van der Waals surface area (Å²) in [5, 5.41) is 10.5. The quantitative estimate of drug-likeness (QED) is 0.457. The number of nitrogens with zero attached hydrogens (tertiary/aromatic N) is 1. The highest BCUT2D eigenvalue weighted by Crippen LogP contribution is 2.36. The molecule has 0 amide bonds. The maximum atomic E-state index is 10.4. The Hall–Kier alpha value is -1.26. The smallest absolute Gasteiger partial charge is 0.272 e. The van der Waals surface area contributed by atoms with Crippen LogP contribution in [0.15, 0.2) is 25.0 Å². The summed E-state index contributed by atoms with van der Waals surface area (Å²) in [6, 6.07) is 2.32. The fourth-order valence-electron chi connectivity index (χ4n) is 0.848. The molecule has 14 heavy (non-hydrogen) atoms. The van der Waals surface area contributed by atoms with E-state index in [0.717, 1.165) is 18.4 Å². The summed E-state index contributed by atoms with van der Waals surface area (Å²) in [7, 11) is 0. The van der Waals surface area contributed by atoms with Crippen molar-refractivity contribution < 1.29 is 9.66 Å². The van der Waals surface area contributed by atoms with Crippen molar-refractivity contribution in [2.24, 2.45) is 0 Å². The minimum Gasteiger partial charge on any atom is -0.462 e. The summed E-state index contributed by atoms with van der Waals surface area (Å²) in [5.41, 5.74) is -0.184. The molecule has 0 spiro atoms. The Morgan fingerprint density at radius 3 is 2.29 bits per heavy atom. The Morgan fingerprint density at radius 1 is 1.43 bits per heavy atom. The van der Waals surface area contributed by atoms with Crippen molar-refractivity contribution in [2.75, 3.05) is 0 Å². The van der Waals surface area contributed by atoms with Gasteiger partial charge in [0.2, 0.25) is 0 Å². The maximum Gasteiger partial charge on any atom is 0.272 e. The van der Waals surface area contributed by atoms with Gasteiger partial charge in [0.15, 0.2) is 5.75 Å². The highest BCUT2D eigenvalue weighted by Gasteiger charge is 2.14. The van der Waals surface area contributed by atoms with Crippen molar-refractivity contribution in [2.45, 2.75) is 0 Å². The van der Waals surface area contributed by atoms with E-state index in [1.807, 2.05) is 0 Å². The lowest BCUT2D eigenvalue weighted by molar-refractivity contribution is -0.384. The van der Waals surface area contributed by atoms with E-state index in [0.29, 0.717) is 0 Å². The van der Waals surface area contributed by atoms with Gasteiger partial charge >= 0.3 is 0 Å². The Labute approximate surface area is 89.8 Å². The van der Waals surface area contributed by atoms with Gasteiger partial charge in [-0.3, -0.25) is 10.1 Å². The molecule has 0 saturated heterocycles. The summed E-state index contributed by atoms with van der Waals surface area (Å²) < 4.78 is 4.88.